The minimum Gasteiger partial charge on any atom is -0.492 e. The van der Waals surface area contributed by atoms with Crippen LogP contribution in [-0.2, 0) is 20.8 Å². The first-order valence-corrected chi connectivity index (χ1v) is 16.6. The Morgan fingerprint density at radius 2 is 1.43 bits per heavy atom. The Kier molecular flexibility index (Phi) is 9.67. The van der Waals surface area contributed by atoms with Crippen molar-refractivity contribution >= 4 is 34.0 Å². The van der Waals surface area contributed by atoms with Crippen molar-refractivity contribution in [3.05, 3.63) is 78.4 Å². The summed E-state index contributed by atoms with van der Waals surface area (Å²) in [5.41, 5.74) is 1.46. The molecule has 0 amide bonds. The molecule has 6 rings (SSSR count). The van der Waals surface area contributed by atoms with E-state index in [1.54, 1.807) is 32.9 Å². The minimum atomic E-state index is -0.760. The Balaban J connectivity index is 1.43. The van der Waals surface area contributed by atoms with Crippen molar-refractivity contribution in [3.63, 3.8) is 0 Å². The maximum absolute atomic E-state index is 13.9. The molecule has 0 atom stereocenters. The molecule has 1 aliphatic rings. The van der Waals surface area contributed by atoms with Gasteiger partial charge in [-0.3, -0.25) is 4.90 Å². The summed E-state index contributed by atoms with van der Waals surface area (Å²) in [7, 11) is 0. The van der Waals surface area contributed by atoms with Gasteiger partial charge in [-0.25, -0.2) is 14.2 Å². The van der Waals surface area contributed by atoms with Crippen LogP contribution in [0.15, 0.2) is 72.8 Å². The third-order valence-electron chi connectivity index (χ3n) is 7.84. The Morgan fingerprint density at radius 3 is 2.12 bits per heavy atom. The summed E-state index contributed by atoms with van der Waals surface area (Å²) in [6, 6.07) is 22.7. The van der Waals surface area contributed by atoms with Gasteiger partial charge in [0, 0.05) is 30.4 Å². The lowest BCUT2D eigenvalue weighted by Crippen LogP contribution is -2.38. The number of benzene rings is 3. The third-order valence-corrected chi connectivity index (χ3v) is 7.84. The molecular weight excluding hydrogens is 624 g/mol. The Hall–Kier alpha value is -4.87. The standard InChI is InChI=1S/C38H44N4O7/c1-37(2,3)48-35(43)41-31-14-12-28(46-21-18-40-16-19-45-20-17-40)22-27(31)23-33(41)34-30-24-29(47-25-26-10-8-7-9-11-26)13-15-32(30)42(39-34)36(44)49-38(4,5)6/h7-15,22-24H,16-21,25H2,1-6H3. The zero-order chi connectivity index (χ0) is 34.8. The highest BCUT2D eigenvalue weighted by atomic mass is 16.6. The Bertz CT molecular complexity index is 1940. The van der Waals surface area contributed by atoms with E-state index in [9.17, 15) is 9.59 Å². The summed E-state index contributed by atoms with van der Waals surface area (Å²) in [5, 5.41) is 6.13. The van der Waals surface area contributed by atoms with Crippen molar-refractivity contribution < 1.29 is 33.3 Å². The van der Waals surface area contributed by atoms with Gasteiger partial charge in [0.1, 0.15) is 41.6 Å². The lowest BCUT2D eigenvalue weighted by molar-refractivity contribution is 0.0322. The number of carbonyl (C=O) groups excluding carboxylic acids is 2. The van der Waals surface area contributed by atoms with Crippen LogP contribution in [0.4, 0.5) is 9.59 Å². The lowest BCUT2D eigenvalue weighted by Gasteiger charge is -2.26. The number of carbonyl (C=O) groups is 2. The molecule has 258 valence electrons. The van der Waals surface area contributed by atoms with Gasteiger partial charge in [-0.1, -0.05) is 30.3 Å². The van der Waals surface area contributed by atoms with Crippen molar-refractivity contribution in [3.8, 4) is 22.9 Å². The fourth-order valence-corrected chi connectivity index (χ4v) is 5.64. The Labute approximate surface area is 286 Å². The highest BCUT2D eigenvalue weighted by Crippen LogP contribution is 2.36. The predicted octanol–water partition coefficient (Wildman–Crippen LogP) is 7.51. The molecule has 0 bridgehead atoms. The molecule has 2 aromatic heterocycles. The van der Waals surface area contributed by atoms with E-state index in [2.05, 4.69) is 4.90 Å². The molecule has 0 aliphatic carbocycles. The smallest absolute Gasteiger partial charge is 0.435 e. The molecule has 0 N–H and O–H groups in total. The number of morpholine rings is 1. The normalized spacial score (nSPS) is 14.2. The van der Waals surface area contributed by atoms with E-state index in [0.717, 1.165) is 43.8 Å². The summed E-state index contributed by atoms with van der Waals surface area (Å²) < 4.78 is 32.1. The van der Waals surface area contributed by atoms with Gasteiger partial charge in [-0.2, -0.15) is 9.78 Å². The first-order valence-electron chi connectivity index (χ1n) is 16.6. The quantitative estimate of drug-likeness (QED) is 0.166. The van der Waals surface area contributed by atoms with Gasteiger partial charge in [-0.05, 0) is 89.6 Å². The van der Waals surface area contributed by atoms with Crippen LogP contribution in [0.5, 0.6) is 11.5 Å². The molecule has 3 heterocycles. The highest BCUT2D eigenvalue weighted by molar-refractivity contribution is 6.03. The van der Waals surface area contributed by atoms with E-state index in [0.29, 0.717) is 52.5 Å². The van der Waals surface area contributed by atoms with Crippen molar-refractivity contribution in [2.75, 3.05) is 39.5 Å². The zero-order valence-corrected chi connectivity index (χ0v) is 29.0. The van der Waals surface area contributed by atoms with Crippen molar-refractivity contribution in [2.45, 2.75) is 59.4 Å². The van der Waals surface area contributed by atoms with E-state index in [-0.39, 0.29) is 0 Å². The molecule has 0 radical (unpaired) electrons. The molecule has 11 heteroatoms. The average molecular weight is 669 g/mol. The van der Waals surface area contributed by atoms with Gasteiger partial charge in [0.15, 0.2) is 0 Å². The maximum atomic E-state index is 13.9. The summed E-state index contributed by atoms with van der Waals surface area (Å²) in [4.78, 5) is 29.7. The van der Waals surface area contributed by atoms with Crippen LogP contribution in [0.2, 0.25) is 0 Å². The summed E-state index contributed by atoms with van der Waals surface area (Å²) in [6.07, 6.45) is -1.22. The van der Waals surface area contributed by atoms with Crippen LogP contribution < -0.4 is 9.47 Å². The SMILES string of the molecule is CC(C)(C)OC(=O)n1nc(-c2cc3cc(OCCN4CCOCC4)ccc3n2C(=O)OC(C)(C)C)c2cc(OCc3ccccc3)ccc21. The fraction of sp³-hybridized carbons (Fsp3) is 0.395. The number of rotatable bonds is 8. The van der Waals surface area contributed by atoms with E-state index in [1.165, 1.54) is 9.25 Å². The van der Waals surface area contributed by atoms with Gasteiger partial charge >= 0.3 is 12.2 Å². The number of nitrogens with zero attached hydrogens (tertiary/aromatic N) is 4. The van der Waals surface area contributed by atoms with Crippen molar-refractivity contribution in [2.24, 2.45) is 0 Å². The molecule has 1 saturated heterocycles. The molecule has 49 heavy (non-hydrogen) atoms. The van der Waals surface area contributed by atoms with Crippen LogP contribution in [-0.4, -0.2) is 82.1 Å². The van der Waals surface area contributed by atoms with Crippen LogP contribution in [0, 0.1) is 0 Å². The van der Waals surface area contributed by atoms with Gasteiger partial charge in [0.2, 0.25) is 0 Å². The van der Waals surface area contributed by atoms with Crippen molar-refractivity contribution in [1.29, 1.82) is 0 Å². The molecule has 0 unspecified atom stereocenters. The van der Waals surface area contributed by atoms with E-state index in [4.69, 9.17) is 28.8 Å². The number of ether oxygens (including phenoxy) is 5. The van der Waals surface area contributed by atoms with Crippen LogP contribution >= 0.6 is 0 Å². The third kappa shape index (κ3) is 8.23. The molecule has 3 aromatic carbocycles. The van der Waals surface area contributed by atoms with Crippen LogP contribution in [0.1, 0.15) is 47.1 Å². The molecule has 1 aliphatic heterocycles. The second-order valence-corrected chi connectivity index (χ2v) is 14.1. The van der Waals surface area contributed by atoms with Gasteiger partial charge in [0.25, 0.3) is 0 Å². The average Bonchev–Trinajstić information content (AvgIpc) is 3.61. The second kappa shape index (κ2) is 13.9. The monoisotopic (exact) mass is 668 g/mol. The van der Waals surface area contributed by atoms with E-state index < -0.39 is 23.4 Å². The van der Waals surface area contributed by atoms with Crippen molar-refractivity contribution in [1.82, 2.24) is 19.2 Å². The van der Waals surface area contributed by atoms with Crippen LogP contribution in [0.3, 0.4) is 0 Å². The number of fused-ring (bicyclic) bond motifs is 2. The molecule has 0 saturated carbocycles. The molecule has 0 spiro atoms. The largest absolute Gasteiger partial charge is 0.492 e. The summed E-state index contributed by atoms with van der Waals surface area (Å²) in [6.45, 7) is 15.7. The highest BCUT2D eigenvalue weighted by Gasteiger charge is 2.28. The van der Waals surface area contributed by atoms with E-state index >= 15 is 0 Å². The van der Waals surface area contributed by atoms with Gasteiger partial charge in [0.05, 0.1) is 29.9 Å². The maximum Gasteiger partial charge on any atom is 0.435 e. The van der Waals surface area contributed by atoms with Gasteiger partial charge < -0.3 is 23.7 Å². The first-order chi connectivity index (χ1) is 23.3. The predicted molar refractivity (Wildman–Crippen MR) is 187 cm³/mol. The molecule has 11 nitrogen and oxygen atoms in total. The first kappa shape index (κ1) is 34.0. The number of hydrogen-bond acceptors (Lipinski definition) is 9. The zero-order valence-electron chi connectivity index (χ0n) is 29.0. The molecule has 5 aromatic rings. The lowest BCUT2D eigenvalue weighted by atomic mass is 10.1. The number of hydrogen-bond donors (Lipinski definition) is 0. The molecular formula is C38H44N4O7. The fourth-order valence-electron chi connectivity index (χ4n) is 5.64. The molecule has 1 fully saturated rings. The summed E-state index contributed by atoms with van der Waals surface area (Å²) >= 11 is 0. The van der Waals surface area contributed by atoms with Crippen LogP contribution in [0.25, 0.3) is 33.2 Å². The number of aromatic nitrogens is 3. The topological polar surface area (TPSA) is 106 Å². The summed E-state index contributed by atoms with van der Waals surface area (Å²) in [5.74, 6) is 1.26. The van der Waals surface area contributed by atoms with Gasteiger partial charge in [-0.15, -0.1) is 0 Å². The second-order valence-electron chi connectivity index (χ2n) is 14.1. The Morgan fingerprint density at radius 1 is 0.776 bits per heavy atom. The van der Waals surface area contributed by atoms with E-state index in [1.807, 2.05) is 81.4 Å². The minimum absolute atomic E-state index is 0.356.